The number of carbonyl (C=O) groups is 2. The van der Waals surface area contributed by atoms with Crippen molar-refractivity contribution in [1.82, 2.24) is 0 Å². The van der Waals surface area contributed by atoms with Crippen LogP contribution in [0, 0.1) is 5.82 Å². The number of thiophene rings is 1. The first-order valence-corrected chi connectivity index (χ1v) is 9.11. The molecule has 2 aromatic carbocycles. The molecule has 3 aromatic rings. The fourth-order valence-corrected chi connectivity index (χ4v) is 4.78. The Balaban J connectivity index is 1.65. The monoisotopic (exact) mass is 389 g/mol. The molecule has 0 aliphatic heterocycles. The van der Waals surface area contributed by atoms with E-state index in [1.54, 1.807) is 0 Å². The van der Waals surface area contributed by atoms with Crippen LogP contribution in [-0.4, -0.2) is 18.0 Å². The third kappa shape index (κ3) is 2.75. The third-order valence-electron chi connectivity index (χ3n) is 4.52. The Hall–Kier alpha value is -2.44. The highest BCUT2D eigenvalue weighted by Crippen LogP contribution is 2.39. The number of ether oxygens (including phenoxy) is 1. The number of hydrogen-bond acceptors (Lipinski definition) is 4. The first kappa shape index (κ1) is 17.0. The molecule has 132 valence electrons. The summed E-state index contributed by atoms with van der Waals surface area (Å²) in [5.41, 5.74) is 7.24. The number of amides is 1. The molecule has 0 radical (unpaired) electrons. The molecule has 1 aliphatic carbocycles. The maximum absolute atomic E-state index is 13.4. The van der Waals surface area contributed by atoms with Crippen molar-refractivity contribution < 1.29 is 18.7 Å². The van der Waals surface area contributed by atoms with Crippen molar-refractivity contribution >= 4 is 44.9 Å². The molecule has 2 unspecified atom stereocenters. The van der Waals surface area contributed by atoms with Gasteiger partial charge in [0.05, 0.1) is 5.02 Å². The van der Waals surface area contributed by atoms with E-state index in [0.29, 0.717) is 16.5 Å². The number of halogens is 2. The summed E-state index contributed by atoms with van der Waals surface area (Å²) in [6, 6.07) is 11.5. The Morgan fingerprint density at radius 3 is 2.77 bits per heavy atom. The Bertz CT molecular complexity index is 1050. The van der Waals surface area contributed by atoms with E-state index in [1.165, 1.54) is 18.2 Å². The molecule has 26 heavy (non-hydrogen) atoms. The molecule has 0 saturated carbocycles. The lowest BCUT2D eigenvalue weighted by molar-refractivity contribution is -0.121. The van der Waals surface area contributed by atoms with Gasteiger partial charge in [-0.15, -0.1) is 11.3 Å². The summed E-state index contributed by atoms with van der Waals surface area (Å²) < 4.78 is 19.5. The van der Waals surface area contributed by atoms with Gasteiger partial charge in [-0.1, -0.05) is 35.9 Å². The molecule has 1 aliphatic rings. The number of benzene rings is 2. The number of primary amides is 1. The minimum atomic E-state index is -0.694. The van der Waals surface area contributed by atoms with Gasteiger partial charge in [-0.2, -0.15) is 0 Å². The molecule has 2 atom stereocenters. The van der Waals surface area contributed by atoms with Gasteiger partial charge in [0.2, 0.25) is 5.91 Å². The van der Waals surface area contributed by atoms with Gasteiger partial charge in [-0.3, -0.25) is 4.79 Å². The number of esters is 1. The summed E-state index contributed by atoms with van der Waals surface area (Å²) in [4.78, 5) is 24.7. The summed E-state index contributed by atoms with van der Waals surface area (Å²) in [5.74, 6) is -2.28. The molecule has 4 rings (SSSR count). The average molecular weight is 390 g/mol. The molecular weight excluding hydrogens is 377 g/mol. The second-order valence-electron chi connectivity index (χ2n) is 6.11. The van der Waals surface area contributed by atoms with Crippen molar-refractivity contribution in [2.75, 3.05) is 0 Å². The minimum Gasteiger partial charge on any atom is -0.457 e. The van der Waals surface area contributed by atoms with Crippen LogP contribution in [0.2, 0.25) is 5.02 Å². The maximum atomic E-state index is 13.4. The number of nitrogens with two attached hydrogens (primary N) is 1. The zero-order valence-corrected chi connectivity index (χ0v) is 14.9. The minimum absolute atomic E-state index is 0.187. The molecule has 7 heteroatoms. The van der Waals surface area contributed by atoms with Crippen LogP contribution in [0.15, 0.2) is 42.5 Å². The molecule has 2 N–H and O–H groups in total. The Labute approximate surface area is 157 Å². The van der Waals surface area contributed by atoms with Crippen molar-refractivity contribution in [3.8, 4) is 0 Å². The predicted octanol–water partition coefficient (Wildman–Crippen LogP) is 4.04. The van der Waals surface area contributed by atoms with E-state index in [1.807, 2.05) is 24.3 Å². The number of rotatable bonds is 3. The third-order valence-corrected chi connectivity index (χ3v) is 6.16. The quantitative estimate of drug-likeness (QED) is 0.687. The zero-order valence-electron chi connectivity index (χ0n) is 13.4. The molecule has 4 nitrogen and oxygen atoms in total. The molecule has 0 fully saturated rings. The summed E-state index contributed by atoms with van der Waals surface area (Å²) in [6.07, 6.45) is -0.275. The number of fused-ring (bicyclic) bond motifs is 2. The van der Waals surface area contributed by atoms with Gasteiger partial charge < -0.3 is 10.5 Å². The van der Waals surface area contributed by atoms with Crippen molar-refractivity contribution in [3.05, 3.63) is 69.3 Å². The van der Waals surface area contributed by atoms with E-state index in [9.17, 15) is 14.0 Å². The fraction of sp³-hybridized carbons (Fsp3) is 0.158. The van der Waals surface area contributed by atoms with Crippen LogP contribution in [0.25, 0.3) is 10.1 Å². The smallest absolute Gasteiger partial charge is 0.350 e. The largest absolute Gasteiger partial charge is 0.457 e. The summed E-state index contributed by atoms with van der Waals surface area (Å²) in [6.45, 7) is 0. The maximum Gasteiger partial charge on any atom is 0.350 e. The zero-order chi connectivity index (χ0) is 18.4. The van der Waals surface area contributed by atoms with Crippen molar-refractivity contribution in [1.29, 1.82) is 0 Å². The van der Waals surface area contributed by atoms with E-state index in [-0.39, 0.29) is 9.90 Å². The molecule has 1 amide bonds. The van der Waals surface area contributed by atoms with Crippen LogP contribution in [0.5, 0.6) is 0 Å². The lowest BCUT2D eigenvalue weighted by Crippen LogP contribution is -2.32. The second kappa shape index (κ2) is 6.37. The highest BCUT2D eigenvalue weighted by molar-refractivity contribution is 7.21. The molecule has 0 saturated heterocycles. The van der Waals surface area contributed by atoms with Gasteiger partial charge in [-0.25, -0.2) is 9.18 Å². The second-order valence-corrected chi connectivity index (χ2v) is 7.54. The topological polar surface area (TPSA) is 69.4 Å². The lowest BCUT2D eigenvalue weighted by Gasteiger charge is -2.17. The van der Waals surface area contributed by atoms with Crippen LogP contribution in [0.3, 0.4) is 0 Å². The molecule has 1 heterocycles. The molecule has 0 spiro atoms. The van der Waals surface area contributed by atoms with Gasteiger partial charge >= 0.3 is 5.97 Å². The molecule has 1 aromatic heterocycles. The Kier molecular flexibility index (Phi) is 4.17. The Morgan fingerprint density at radius 2 is 2.00 bits per heavy atom. The van der Waals surface area contributed by atoms with E-state index in [0.717, 1.165) is 22.5 Å². The predicted molar refractivity (Wildman–Crippen MR) is 98.1 cm³/mol. The highest BCUT2D eigenvalue weighted by Gasteiger charge is 2.39. The standard InChI is InChI=1S/C19H13ClFNO3S/c20-16-12-6-5-10(21)8-14(12)26-17(16)19(24)25-13-7-9-3-1-2-4-11(9)15(13)18(22)23/h1-6,8,13,15H,7H2,(H2,22,23). The van der Waals surface area contributed by atoms with E-state index < -0.39 is 29.7 Å². The summed E-state index contributed by atoms with van der Waals surface area (Å²) >= 11 is 7.33. The normalized spacial score (nSPS) is 18.7. The summed E-state index contributed by atoms with van der Waals surface area (Å²) in [5, 5.41) is 0.812. The van der Waals surface area contributed by atoms with Crippen LogP contribution in [0.1, 0.15) is 26.7 Å². The van der Waals surface area contributed by atoms with Crippen LogP contribution >= 0.6 is 22.9 Å². The van der Waals surface area contributed by atoms with Gasteiger partial charge in [0.15, 0.2) is 0 Å². The first-order chi connectivity index (χ1) is 12.5. The molecule has 0 bridgehead atoms. The van der Waals surface area contributed by atoms with Gasteiger partial charge in [-0.05, 0) is 29.3 Å². The summed E-state index contributed by atoms with van der Waals surface area (Å²) in [7, 11) is 0. The van der Waals surface area contributed by atoms with Gasteiger partial charge in [0, 0.05) is 16.5 Å². The fourth-order valence-electron chi connectivity index (χ4n) is 3.37. The van der Waals surface area contributed by atoms with Gasteiger partial charge in [0.1, 0.15) is 22.7 Å². The van der Waals surface area contributed by atoms with Crippen LogP contribution in [-0.2, 0) is 16.0 Å². The first-order valence-electron chi connectivity index (χ1n) is 7.91. The number of carbonyl (C=O) groups excluding carboxylic acids is 2. The average Bonchev–Trinajstić information content (AvgIpc) is 3.12. The SMILES string of the molecule is NC(=O)C1c2ccccc2CC1OC(=O)c1sc2cc(F)ccc2c1Cl. The van der Waals surface area contributed by atoms with E-state index >= 15 is 0 Å². The van der Waals surface area contributed by atoms with E-state index in [2.05, 4.69) is 0 Å². The van der Waals surface area contributed by atoms with Crippen molar-refractivity contribution in [2.45, 2.75) is 18.4 Å². The highest BCUT2D eigenvalue weighted by atomic mass is 35.5. The van der Waals surface area contributed by atoms with Crippen LogP contribution < -0.4 is 5.73 Å². The molecular formula is C19H13ClFNO3S. The van der Waals surface area contributed by atoms with Crippen molar-refractivity contribution in [3.63, 3.8) is 0 Å². The Morgan fingerprint density at radius 1 is 1.23 bits per heavy atom. The van der Waals surface area contributed by atoms with Crippen molar-refractivity contribution in [2.24, 2.45) is 5.73 Å². The van der Waals surface area contributed by atoms with Gasteiger partial charge in [0.25, 0.3) is 0 Å². The lowest BCUT2D eigenvalue weighted by atomic mass is 9.99. The number of hydrogen-bond donors (Lipinski definition) is 1. The van der Waals surface area contributed by atoms with Crippen LogP contribution in [0.4, 0.5) is 4.39 Å². The van der Waals surface area contributed by atoms with E-state index in [4.69, 9.17) is 22.1 Å².